The van der Waals surface area contributed by atoms with E-state index in [2.05, 4.69) is 15.0 Å². The summed E-state index contributed by atoms with van der Waals surface area (Å²) in [6, 6.07) is 21.1. The molecule has 0 saturated heterocycles. The van der Waals surface area contributed by atoms with Crippen LogP contribution >= 0.6 is 0 Å². The van der Waals surface area contributed by atoms with E-state index < -0.39 is 0 Å². The Morgan fingerprint density at radius 1 is 0.929 bits per heavy atom. The summed E-state index contributed by atoms with van der Waals surface area (Å²) in [5.74, 6) is 1.32. The van der Waals surface area contributed by atoms with Gasteiger partial charge in [0.05, 0.1) is 23.8 Å². The van der Waals surface area contributed by atoms with E-state index in [0.29, 0.717) is 18.1 Å². The molecule has 0 aliphatic rings. The first-order chi connectivity index (χ1) is 13.7. The summed E-state index contributed by atoms with van der Waals surface area (Å²) in [5, 5.41) is 0. The number of hydrogen-bond donors (Lipinski definition) is 2. The van der Waals surface area contributed by atoms with Crippen LogP contribution < -0.4 is 15.2 Å². The standard InChI is InChI=1S/C22H19N3O3/c1-27-20-10-7-16(11-21(20)28-14-15-5-3-2-4-6-15)13-23-17-8-9-18-19(12-17)25-22(26)24-18/h2-13H,14H2,1H3,(H2,24,25,26). The Morgan fingerprint density at radius 2 is 1.75 bits per heavy atom. The number of imidazole rings is 1. The van der Waals surface area contributed by atoms with E-state index in [4.69, 9.17) is 9.47 Å². The van der Waals surface area contributed by atoms with Crippen LogP contribution in [0.4, 0.5) is 5.69 Å². The summed E-state index contributed by atoms with van der Waals surface area (Å²) in [7, 11) is 1.62. The fraction of sp³-hybridized carbons (Fsp3) is 0.0909. The number of benzene rings is 3. The fourth-order valence-electron chi connectivity index (χ4n) is 2.87. The van der Waals surface area contributed by atoms with E-state index in [-0.39, 0.29) is 5.69 Å². The van der Waals surface area contributed by atoms with E-state index in [1.807, 2.05) is 66.7 Å². The Bertz CT molecular complexity index is 1180. The van der Waals surface area contributed by atoms with Crippen molar-refractivity contribution in [3.8, 4) is 11.5 Å². The lowest BCUT2D eigenvalue weighted by atomic mass is 10.2. The van der Waals surface area contributed by atoms with Crippen LogP contribution in [0.25, 0.3) is 11.0 Å². The molecule has 4 aromatic rings. The maximum Gasteiger partial charge on any atom is 0.323 e. The lowest BCUT2D eigenvalue weighted by molar-refractivity contribution is 0.284. The highest BCUT2D eigenvalue weighted by Gasteiger charge is 2.06. The van der Waals surface area contributed by atoms with Gasteiger partial charge in [-0.1, -0.05) is 30.3 Å². The molecule has 0 fully saturated rings. The van der Waals surface area contributed by atoms with Gasteiger partial charge in [0.1, 0.15) is 6.61 Å². The number of nitrogens with one attached hydrogen (secondary N) is 2. The number of rotatable bonds is 6. The predicted octanol–water partition coefficient (Wildman–Crippen LogP) is 4.19. The zero-order chi connectivity index (χ0) is 19.3. The number of ether oxygens (including phenoxy) is 2. The summed E-state index contributed by atoms with van der Waals surface area (Å²) < 4.78 is 11.3. The van der Waals surface area contributed by atoms with Gasteiger partial charge in [-0.25, -0.2) is 4.79 Å². The van der Waals surface area contributed by atoms with Gasteiger partial charge in [0.2, 0.25) is 0 Å². The van der Waals surface area contributed by atoms with E-state index >= 15 is 0 Å². The van der Waals surface area contributed by atoms with E-state index in [1.54, 1.807) is 13.3 Å². The van der Waals surface area contributed by atoms with Gasteiger partial charge in [0.25, 0.3) is 0 Å². The van der Waals surface area contributed by atoms with Crippen molar-refractivity contribution in [2.45, 2.75) is 6.61 Å². The summed E-state index contributed by atoms with van der Waals surface area (Å²) in [5.41, 5.74) is 3.95. The van der Waals surface area contributed by atoms with Crippen molar-refractivity contribution in [1.29, 1.82) is 0 Å². The van der Waals surface area contributed by atoms with Crippen LogP contribution in [0.2, 0.25) is 0 Å². The molecule has 1 aromatic heterocycles. The predicted molar refractivity (Wildman–Crippen MR) is 110 cm³/mol. The summed E-state index contributed by atoms with van der Waals surface area (Å²) >= 11 is 0. The quantitative estimate of drug-likeness (QED) is 0.497. The molecule has 0 amide bonds. The number of nitrogens with zero attached hydrogens (tertiary/aromatic N) is 1. The van der Waals surface area contributed by atoms with Crippen molar-refractivity contribution in [3.05, 3.63) is 88.3 Å². The van der Waals surface area contributed by atoms with Crippen LogP contribution in [0.1, 0.15) is 11.1 Å². The van der Waals surface area contributed by atoms with Crippen molar-refractivity contribution in [2.75, 3.05) is 7.11 Å². The average molecular weight is 373 g/mol. The first-order valence-corrected chi connectivity index (χ1v) is 8.82. The molecule has 0 aliphatic carbocycles. The Hall–Kier alpha value is -3.80. The Balaban J connectivity index is 1.54. The molecule has 6 nitrogen and oxygen atoms in total. The molecule has 1 heterocycles. The molecule has 0 radical (unpaired) electrons. The van der Waals surface area contributed by atoms with Gasteiger partial charge in [-0.15, -0.1) is 0 Å². The summed E-state index contributed by atoms with van der Waals surface area (Å²) in [6.45, 7) is 0.454. The molecule has 0 aliphatic heterocycles. The lowest BCUT2D eigenvalue weighted by Crippen LogP contribution is -1.99. The molecule has 0 bridgehead atoms. The molecule has 2 N–H and O–H groups in total. The van der Waals surface area contributed by atoms with Crippen LogP contribution in [0.3, 0.4) is 0 Å². The molecule has 140 valence electrons. The van der Waals surface area contributed by atoms with Gasteiger partial charge in [-0.3, -0.25) is 4.99 Å². The zero-order valence-corrected chi connectivity index (χ0v) is 15.3. The van der Waals surface area contributed by atoms with Crippen LogP contribution in [-0.2, 0) is 6.61 Å². The van der Waals surface area contributed by atoms with Crippen LogP contribution in [0.5, 0.6) is 11.5 Å². The normalized spacial score (nSPS) is 11.2. The SMILES string of the molecule is COc1ccc(C=Nc2ccc3[nH]c(=O)[nH]c3c2)cc1OCc1ccccc1. The Kier molecular flexibility index (Phi) is 4.93. The fourth-order valence-corrected chi connectivity index (χ4v) is 2.87. The monoisotopic (exact) mass is 373 g/mol. The second kappa shape index (κ2) is 7.84. The molecule has 3 aromatic carbocycles. The highest BCUT2D eigenvalue weighted by Crippen LogP contribution is 2.28. The Morgan fingerprint density at radius 3 is 2.57 bits per heavy atom. The molecular weight excluding hydrogens is 354 g/mol. The lowest BCUT2D eigenvalue weighted by Gasteiger charge is -2.11. The third-order valence-corrected chi connectivity index (χ3v) is 4.29. The van der Waals surface area contributed by atoms with E-state index in [1.165, 1.54) is 0 Å². The molecule has 0 atom stereocenters. The van der Waals surface area contributed by atoms with Gasteiger partial charge in [0, 0.05) is 6.21 Å². The van der Waals surface area contributed by atoms with E-state index in [0.717, 1.165) is 27.8 Å². The number of aromatic nitrogens is 2. The van der Waals surface area contributed by atoms with E-state index in [9.17, 15) is 4.79 Å². The molecule has 0 spiro atoms. The highest BCUT2D eigenvalue weighted by molar-refractivity contribution is 5.85. The van der Waals surface area contributed by atoms with Gasteiger partial charge in [0.15, 0.2) is 11.5 Å². The summed E-state index contributed by atoms with van der Waals surface area (Å²) in [4.78, 5) is 21.3. The average Bonchev–Trinajstić information content (AvgIpc) is 3.10. The van der Waals surface area contributed by atoms with Gasteiger partial charge in [-0.05, 0) is 47.5 Å². The minimum atomic E-state index is -0.230. The van der Waals surface area contributed by atoms with Gasteiger partial charge >= 0.3 is 5.69 Å². The highest BCUT2D eigenvalue weighted by atomic mass is 16.5. The van der Waals surface area contributed by atoms with Gasteiger partial charge in [-0.2, -0.15) is 0 Å². The second-order valence-electron chi connectivity index (χ2n) is 6.25. The molecule has 6 heteroatoms. The maximum absolute atomic E-state index is 11.4. The molecular formula is C22H19N3O3. The molecule has 28 heavy (non-hydrogen) atoms. The molecule has 0 saturated carbocycles. The van der Waals surface area contributed by atoms with Crippen LogP contribution in [0.15, 0.2) is 76.5 Å². The third kappa shape index (κ3) is 3.96. The Labute approximate surface area is 161 Å². The third-order valence-electron chi connectivity index (χ3n) is 4.29. The summed E-state index contributed by atoms with van der Waals surface area (Å²) in [6.07, 6.45) is 1.75. The number of H-pyrrole nitrogens is 2. The minimum absolute atomic E-state index is 0.230. The zero-order valence-electron chi connectivity index (χ0n) is 15.3. The van der Waals surface area contributed by atoms with Crippen molar-refractivity contribution < 1.29 is 9.47 Å². The number of hydrogen-bond acceptors (Lipinski definition) is 4. The van der Waals surface area contributed by atoms with Gasteiger partial charge < -0.3 is 19.4 Å². The van der Waals surface area contributed by atoms with Crippen LogP contribution in [0, 0.1) is 0 Å². The first-order valence-electron chi connectivity index (χ1n) is 8.82. The topological polar surface area (TPSA) is 79.5 Å². The second-order valence-corrected chi connectivity index (χ2v) is 6.25. The largest absolute Gasteiger partial charge is 0.493 e. The maximum atomic E-state index is 11.4. The number of aliphatic imine (C=N–C) groups is 1. The number of methoxy groups -OCH3 is 1. The smallest absolute Gasteiger partial charge is 0.323 e. The van der Waals surface area contributed by atoms with Crippen LogP contribution in [-0.4, -0.2) is 23.3 Å². The number of fused-ring (bicyclic) bond motifs is 1. The van der Waals surface area contributed by atoms with Crippen molar-refractivity contribution in [3.63, 3.8) is 0 Å². The molecule has 0 unspecified atom stereocenters. The minimum Gasteiger partial charge on any atom is -0.493 e. The van der Waals surface area contributed by atoms with Crippen molar-refractivity contribution in [1.82, 2.24) is 9.97 Å². The van der Waals surface area contributed by atoms with Crippen molar-refractivity contribution >= 4 is 22.9 Å². The molecule has 4 rings (SSSR count). The number of aromatic amines is 2. The van der Waals surface area contributed by atoms with Crippen molar-refractivity contribution in [2.24, 2.45) is 4.99 Å². The first kappa shape index (κ1) is 17.6.